The first-order valence-corrected chi connectivity index (χ1v) is 9.62. The van der Waals surface area contributed by atoms with Crippen LogP contribution in [-0.2, 0) is 0 Å². The van der Waals surface area contributed by atoms with Gasteiger partial charge in [-0.2, -0.15) is 5.10 Å². The largest absolute Gasteiger partial charge is 0.496 e. The lowest BCUT2D eigenvalue weighted by atomic mass is 10.1. The van der Waals surface area contributed by atoms with Gasteiger partial charge in [-0.3, -0.25) is 4.79 Å². The maximum absolute atomic E-state index is 12.3. The number of hydrogen-bond acceptors (Lipinski definition) is 5. The Morgan fingerprint density at radius 1 is 1.14 bits per heavy atom. The highest BCUT2D eigenvalue weighted by Gasteiger charge is 2.13. The highest BCUT2D eigenvalue weighted by atomic mass is 16.5. The molecule has 6 heteroatoms. The smallest absolute Gasteiger partial charge is 0.271 e. The Labute approximate surface area is 166 Å². The molecule has 1 heterocycles. The molecular weight excluding hydrogens is 352 g/mol. The number of benzene rings is 2. The summed E-state index contributed by atoms with van der Waals surface area (Å²) >= 11 is 0. The molecule has 2 aromatic carbocycles. The number of anilines is 2. The molecule has 148 valence electrons. The van der Waals surface area contributed by atoms with Crippen LogP contribution in [0.3, 0.4) is 0 Å². The van der Waals surface area contributed by atoms with Crippen molar-refractivity contribution in [3.63, 3.8) is 0 Å². The minimum atomic E-state index is -0.246. The fraction of sp³-hybridized carbons (Fsp3) is 0.364. The van der Waals surface area contributed by atoms with E-state index in [9.17, 15) is 4.79 Å². The van der Waals surface area contributed by atoms with Crippen LogP contribution in [0.2, 0.25) is 0 Å². The number of nitrogens with zero attached hydrogens (tertiary/aromatic N) is 3. The van der Waals surface area contributed by atoms with Crippen LogP contribution in [-0.4, -0.2) is 46.4 Å². The van der Waals surface area contributed by atoms with E-state index in [4.69, 9.17) is 4.74 Å². The van der Waals surface area contributed by atoms with Crippen molar-refractivity contribution in [2.45, 2.75) is 19.3 Å². The van der Waals surface area contributed by atoms with Crippen molar-refractivity contribution in [2.75, 3.05) is 44.1 Å². The third-order valence-electron chi connectivity index (χ3n) is 4.93. The molecule has 3 rings (SSSR count). The highest BCUT2D eigenvalue weighted by molar-refractivity contribution is 5.96. The number of ether oxygens (including phenoxy) is 1. The maximum Gasteiger partial charge on any atom is 0.271 e. The third-order valence-corrected chi connectivity index (χ3v) is 4.93. The number of hydrogen-bond donors (Lipinski definition) is 1. The summed E-state index contributed by atoms with van der Waals surface area (Å²) in [5.74, 6) is 0.500. The van der Waals surface area contributed by atoms with Crippen LogP contribution in [0.25, 0.3) is 0 Å². The molecule has 1 N–H and O–H groups in total. The predicted octanol–water partition coefficient (Wildman–Crippen LogP) is 3.52. The summed E-state index contributed by atoms with van der Waals surface area (Å²) in [6, 6.07) is 13.5. The lowest BCUT2D eigenvalue weighted by Gasteiger charge is -2.29. The average Bonchev–Trinajstić information content (AvgIpc) is 2.74. The summed E-state index contributed by atoms with van der Waals surface area (Å²) in [5.41, 5.74) is 6.11. The number of carbonyl (C=O) groups is 1. The molecule has 1 aliphatic rings. The Kier molecular flexibility index (Phi) is 6.53. The second-order valence-corrected chi connectivity index (χ2v) is 7.12. The maximum atomic E-state index is 12.3. The fourth-order valence-corrected chi connectivity index (χ4v) is 3.31. The van der Waals surface area contributed by atoms with Crippen molar-refractivity contribution in [1.29, 1.82) is 0 Å². The lowest BCUT2D eigenvalue weighted by molar-refractivity contribution is 0.0955. The normalized spacial score (nSPS) is 14.2. The van der Waals surface area contributed by atoms with Crippen LogP contribution < -0.4 is 20.0 Å². The summed E-state index contributed by atoms with van der Waals surface area (Å²) in [6.45, 7) is 2.16. The molecular formula is C22H28N4O2. The molecule has 1 amide bonds. The van der Waals surface area contributed by atoms with Gasteiger partial charge in [-0.05, 0) is 49.6 Å². The summed E-state index contributed by atoms with van der Waals surface area (Å²) in [4.78, 5) is 16.7. The molecule has 2 aromatic rings. The van der Waals surface area contributed by atoms with Gasteiger partial charge >= 0.3 is 0 Å². The van der Waals surface area contributed by atoms with Crippen molar-refractivity contribution < 1.29 is 9.53 Å². The quantitative estimate of drug-likeness (QED) is 0.615. The number of amides is 1. The second-order valence-electron chi connectivity index (χ2n) is 7.12. The van der Waals surface area contributed by atoms with Crippen LogP contribution >= 0.6 is 0 Å². The number of carbonyl (C=O) groups excluding carboxylic acids is 1. The van der Waals surface area contributed by atoms with Crippen molar-refractivity contribution in [2.24, 2.45) is 5.10 Å². The van der Waals surface area contributed by atoms with Gasteiger partial charge in [0.2, 0.25) is 0 Å². The van der Waals surface area contributed by atoms with E-state index in [1.165, 1.54) is 24.9 Å². The molecule has 0 aliphatic carbocycles. The van der Waals surface area contributed by atoms with E-state index in [2.05, 4.69) is 21.5 Å². The van der Waals surface area contributed by atoms with E-state index in [0.29, 0.717) is 5.56 Å². The Balaban J connectivity index is 1.68. The molecule has 0 atom stereocenters. The van der Waals surface area contributed by atoms with Crippen LogP contribution in [0, 0.1) is 0 Å². The van der Waals surface area contributed by atoms with Crippen molar-refractivity contribution in [1.82, 2.24) is 5.43 Å². The number of piperidine rings is 1. The van der Waals surface area contributed by atoms with Crippen molar-refractivity contribution in [3.05, 3.63) is 53.6 Å². The van der Waals surface area contributed by atoms with Gasteiger partial charge in [0.1, 0.15) is 5.75 Å². The molecule has 0 radical (unpaired) electrons. The molecule has 1 saturated heterocycles. The number of hydrazone groups is 1. The van der Waals surface area contributed by atoms with Gasteiger partial charge in [0.05, 0.1) is 13.3 Å². The van der Waals surface area contributed by atoms with E-state index >= 15 is 0 Å². The molecule has 1 aliphatic heterocycles. The van der Waals surface area contributed by atoms with Crippen molar-refractivity contribution >= 4 is 23.5 Å². The summed E-state index contributed by atoms with van der Waals surface area (Å²) in [7, 11) is 5.53. The molecule has 0 saturated carbocycles. The van der Waals surface area contributed by atoms with Crippen LogP contribution in [0.5, 0.6) is 5.75 Å². The zero-order chi connectivity index (χ0) is 19.9. The molecule has 28 heavy (non-hydrogen) atoms. The van der Waals surface area contributed by atoms with Gasteiger partial charge in [-0.15, -0.1) is 0 Å². The van der Waals surface area contributed by atoms with E-state index in [0.717, 1.165) is 30.1 Å². The first-order chi connectivity index (χ1) is 13.6. The zero-order valence-corrected chi connectivity index (χ0v) is 16.8. The van der Waals surface area contributed by atoms with E-state index in [1.54, 1.807) is 19.4 Å². The number of nitrogens with one attached hydrogen (secondary N) is 1. The Bertz CT molecular complexity index is 842. The molecule has 0 bridgehead atoms. The summed E-state index contributed by atoms with van der Waals surface area (Å²) in [5, 5.41) is 4.11. The molecule has 0 aromatic heterocycles. The van der Waals surface area contributed by atoms with Gasteiger partial charge in [0.15, 0.2) is 0 Å². The van der Waals surface area contributed by atoms with E-state index < -0.39 is 0 Å². The van der Waals surface area contributed by atoms with Crippen LogP contribution in [0.15, 0.2) is 47.6 Å². The minimum absolute atomic E-state index is 0.246. The molecule has 6 nitrogen and oxygen atoms in total. The van der Waals surface area contributed by atoms with Gasteiger partial charge < -0.3 is 14.5 Å². The second kappa shape index (κ2) is 9.26. The van der Waals surface area contributed by atoms with Gasteiger partial charge in [-0.25, -0.2) is 5.43 Å². The van der Waals surface area contributed by atoms with Gasteiger partial charge in [0.25, 0.3) is 5.91 Å². The predicted molar refractivity (Wildman–Crippen MR) is 115 cm³/mol. The van der Waals surface area contributed by atoms with Crippen LogP contribution in [0.4, 0.5) is 11.4 Å². The monoisotopic (exact) mass is 380 g/mol. The van der Waals surface area contributed by atoms with E-state index in [1.807, 2.05) is 49.3 Å². The topological polar surface area (TPSA) is 57.2 Å². The average molecular weight is 380 g/mol. The summed E-state index contributed by atoms with van der Waals surface area (Å²) < 4.78 is 5.52. The molecule has 0 unspecified atom stereocenters. The standard InChI is InChI=1S/C22H28N4O2/c1-25(2)19-9-7-8-17(14-19)22(27)24-23-16-18-10-11-20(15-21(18)28-3)26-12-5-4-6-13-26/h7-11,14-16H,4-6,12-13H2,1-3H3,(H,24,27)/b23-16-. The Morgan fingerprint density at radius 3 is 2.64 bits per heavy atom. The van der Waals surface area contributed by atoms with Crippen molar-refractivity contribution in [3.8, 4) is 5.75 Å². The number of rotatable bonds is 6. The Hall–Kier alpha value is -3.02. The first kappa shape index (κ1) is 19.7. The summed E-state index contributed by atoms with van der Waals surface area (Å²) in [6.07, 6.45) is 5.38. The zero-order valence-electron chi connectivity index (χ0n) is 16.8. The van der Waals surface area contributed by atoms with Gasteiger partial charge in [-0.1, -0.05) is 6.07 Å². The third kappa shape index (κ3) is 4.82. The SMILES string of the molecule is COc1cc(N2CCCCC2)ccc1/C=N\NC(=O)c1cccc(N(C)C)c1. The van der Waals surface area contributed by atoms with Crippen LogP contribution in [0.1, 0.15) is 35.2 Å². The molecule has 1 fully saturated rings. The first-order valence-electron chi connectivity index (χ1n) is 9.62. The highest BCUT2D eigenvalue weighted by Crippen LogP contribution is 2.26. The fourth-order valence-electron chi connectivity index (χ4n) is 3.31. The minimum Gasteiger partial charge on any atom is -0.496 e. The number of methoxy groups -OCH3 is 1. The lowest BCUT2D eigenvalue weighted by Crippen LogP contribution is -2.29. The van der Waals surface area contributed by atoms with Gasteiger partial charge in [0, 0.05) is 55.8 Å². The molecule has 0 spiro atoms. The van der Waals surface area contributed by atoms with E-state index in [-0.39, 0.29) is 5.91 Å². The Morgan fingerprint density at radius 2 is 1.93 bits per heavy atom.